The lowest BCUT2D eigenvalue weighted by atomic mass is 10.0. The van der Waals surface area contributed by atoms with Gasteiger partial charge in [-0.3, -0.25) is 98.3 Å². The number of aromatic nitrogens is 2. The number of carbonyl (C=O) groups is 17. The van der Waals surface area contributed by atoms with Crippen LogP contribution in [-0.2, 0) is 87.9 Å². The number of amides is 15. The summed E-state index contributed by atoms with van der Waals surface area (Å²) in [4.78, 5) is 237. The molecule has 0 aliphatic heterocycles. The SMILES string of the molecule is CC(C)C[C@H](NC(=O)[C@H](C)N)C(=O)N[C@@H](CC(N)=O)C(=O)N[C@@H](CCCNC(=N)N)C(=O)N[C@H](C(=O)N[C@@H](CO)C(=O)N[C@@H](CO)C(=O)N[C@@H](CC(=O)O)C(=O)N[C@@H](CO)C(=O)N[C@@H](C)C(=O)N[C@@H](CC(C)C)C(=O)N[C@@H](Cc1c[nH]cn1)C(=O)N[C@@H](CCNC(=N)N)C(=O)N[C@@H](CCCNC(=N)N)C(=O)N[C@@H](CCCNC(=N)N)C(=O)O)[C@@H](C)O. The van der Waals surface area contributed by atoms with Crippen LogP contribution in [0.1, 0.15) is 125 Å². The van der Waals surface area contributed by atoms with Crippen LogP contribution < -0.4 is 130 Å². The largest absolute Gasteiger partial charge is 0.481 e. The number of imidazole rings is 1. The molecular weight excluding hydrogens is 1600 g/mol. The number of nitrogens with one attached hydrogen (secondary N) is 23. The Morgan fingerprint density at radius 3 is 1.07 bits per heavy atom. The Balaban J connectivity index is 3.48. The van der Waals surface area contributed by atoms with E-state index in [4.69, 9.17) is 56.0 Å². The number of carboxylic acids is 2. The lowest BCUT2D eigenvalue weighted by Crippen LogP contribution is -2.63. The number of carboxylic acid groups (broad SMARTS) is 2. The zero-order valence-corrected chi connectivity index (χ0v) is 68.0. The van der Waals surface area contributed by atoms with Gasteiger partial charge in [-0.15, -0.1) is 0 Å². The fourth-order valence-electron chi connectivity index (χ4n) is 11.0. The Bertz CT molecular complexity index is 3720. The molecule has 1 heterocycles. The number of primary amides is 1. The average Bonchev–Trinajstić information content (AvgIpc) is 1.04. The first kappa shape index (κ1) is 106. The molecule has 0 aromatic carbocycles. The number of aliphatic hydroxyl groups is 4. The summed E-state index contributed by atoms with van der Waals surface area (Å²) in [6, 6.07) is -26.0. The van der Waals surface area contributed by atoms with Crippen molar-refractivity contribution in [2.45, 2.75) is 222 Å². The maximum Gasteiger partial charge on any atom is 0.326 e. The zero-order valence-electron chi connectivity index (χ0n) is 68.0. The van der Waals surface area contributed by atoms with E-state index in [1.807, 2.05) is 21.3 Å². The number of rotatable bonds is 58. The molecule has 680 valence electrons. The molecule has 41 N–H and O–H groups in total. The number of guanidine groups is 4. The van der Waals surface area contributed by atoms with E-state index in [0.717, 1.165) is 13.8 Å². The van der Waals surface area contributed by atoms with Crippen LogP contribution in [0.5, 0.6) is 0 Å². The van der Waals surface area contributed by atoms with Crippen LogP contribution in [0.3, 0.4) is 0 Å². The van der Waals surface area contributed by atoms with Crippen molar-refractivity contribution in [1.82, 2.24) is 106 Å². The average molecular weight is 1730 g/mol. The first-order chi connectivity index (χ1) is 56.6. The predicted molar refractivity (Wildman–Crippen MR) is 426 cm³/mol. The van der Waals surface area contributed by atoms with Gasteiger partial charge in [-0.05, 0) is 90.4 Å². The highest BCUT2D eigenvalue weighted by atomic mass is 16.4. The number of hydrogen-bond acceptors (Lipinski definition) is 27. The number of nitrogens with zero attached hydrogens (tertiary/aromatic N) is 1. The van der Waals surface area contributed by atoms with Crippen LogP contribution in [0.25, 0.3) is 0 Å². The molecular formula is C68H120N30O23. The van der Waals surface area contributed by atoms with E-state index < -0.39 is 260 Å². The van der Waals surface area contributed by atoms with Crippen molar-refractivity contribution < 1.29 is 112 Å². The molecule has 53 nitrogen and oxygen atoms in total. The third-order valence-electron chi connectivity index (χ3n) is 17.2. The minimum Gasteiger partial charge on any atom is -0.481 e. The number of aromatic amines is 1. The second-order valence-electron chi connectivity index (χ2n) is 28.7. The first-order valence-electron chi connectivity index (χ1n) is 38.2. The predicted octanol–water partition coefficient (Wildman–Crippen LogP) is -14.3. The van der Waals surface area contributed by atoms with Crippen LogP contribution in [0.4, 0.5) is 0 Å². The smallest absolute Gasteiger partial charge is 0.326 e. The molecule has 0 aliphatic rings. The van der Waals surface area contributed by atoms with E-state index in [-0.39, 0.29) is 102 Å². The molecule has 0 unspecified atom stereocenters. The Hall–Kier alpha value is -12.9. The van der Waals surface area contributed by atoms with E-state index in [1.54, 1.807) is 27.7 Å². The molecule has 0 saturated heterocycles. The second kappa shape index (κ2) is 55.0. The number of aliphatic hydroxyl groups excluding tert-OH is 4. The molecule has 0 saturated carbocycles. The van der Waals surface area contributed by atoms with Gasteiger partial charge in [-0.1, -0.05) is 27.7 Å². The number of hydrogen-bond donors (Lipinski definition) is 35. The highest BCUT2D eigenvalue weighted by molar-refractivity contribution is 6.02. The lowest BCUT2D eigenvalue weighted by Gasteiger charge is -2.28. The molecule has 1 aromatic rings. The normalized spacial score (nSPS) is 15.0. The Labute approximate surface area is 694 Å². The third-order valence-corrected chi connectivity index (χ3v) is 17.2. The van der Waals surface area contributed by atoms with E-state index in [1.165, 1.54) is 19.4 Å². The summed E-state index contributed by atoms with van der Waals surface area (Å²) >= 11 is 0. The van der Waals surface area contributed by atoms with E-state index in [2.05, 4.69) is 84.4 Å². The van der Waals surface area contributed by atoms with Gasteiger partial charge in [-0.2, -0.15) is 0 Å². The fourth-order valence-corrected chi connectivity index (χ4v) is 11.0. The van der Waals surface area contributed by atoms with Crippen molar-refractivity contribution in [3.05, 3.63) is 18.2 Å². The standard InChI is InChI=1S/C68H120N30O23/c1-29(2)19-39(90-50(106)31(5)69)55(111)93-42(22-47(70)103)58(114)87-36(12-9-16-81-66(73)74)54(110)98-49(33(7)102)63(119)97-46(27-101)62(118)96-45(26-100)61(117)94-43(23-48(104)105)59(115)95-44(25-99)60(116)85-32(6)51(107)91-40(20-30(3)4)56(112)92-41(21-34-24-79-28-84-34)57(113)88-37(14-18-83-68(77)78)53(109)86-35(11-8-15-80-65(71)72)52(108)89-38(64(120)121)13-10-17-82-67(75)76/h24,28-33,35-46,49,99-102H,8-23,25-27,69H2,1-7H3,(H2,70,103)(H,79,84)(H,85,116)(H,86,109)(H,87,114)(H,88,113)(H,89,108)(H,90,106)(H,91,107)(H,92,112)(H,93,111)(H,94,117)(H,95,115)(H,96,118)(H,97,119)(H,98,110)(H,104,105)(H,120,121)(H4,71,72,80)(H4,73,74,81)(H4,75,76,82)(H4,77,78,83)/t31-,32-,33+,35-,36-,37-,38-,39-,40-,41-,42-,43-,44-,45-,46-,49-/m0/s1. The van der Waals surface area contributed by atoms with E-state index >= 15 is 0 Å². The molecule has 16 atom stereocenters. The maximum absolute atomic E-state index is 14.5. The highest BCUT2D eigenvalue weighted by Crippen LogP contribution is 2.13. The summed E-state index contributed by atoms with van der Waals surface area (Å²) in [5.74, 6) is -23.4. The topological polar surface area (TPSA) is 908 Å². The summed E-state index contributed by atoms with van der Waals surface area (Å²) in [7, 11) is 0. The van der Waals surface area contributed by atoms with E-state index in [0.29, 0.717) is 0 Å². The third kappa shape index (κ3) is 42.4. The Morgan fingerprint density at radius 2 is 0.694 bits per heavy atom. The van der Waals surface area contributed by atoms with Crippen LogP contribution in [0.2, 0.25) is 0 Å². The fraction of sp³-hybridized carbons (Fsp3) is 0.647. The Morgan fingerprint density at radius 1 is 0.380 bits per heavy atom. The molecule has 53 heteroatoms. The lowest BCUT2D eigenvalue weighted by molar-refractivity contribution is -0.142. The van der Waals surface area contributed by atoms with Crippen molar-refractivity contribution in [2.75, 3.05) is 46.0 Å². The van der Waals surface area contributed by atoms with Gasteiger partial charge >= 0.3 is 11.9 Å². The van der Waals surface area contributed by atoms with E-state index in [9.17, 15) is 112 Å². The molecule has 0 radical (unpaired) electrons. The van der Waals surface area contributed by atoms with Gasteiger partial charge in [0.1, 0.15) is 84.6 Å². The maximum atomic E-state index is 14.5. The van der Waals surface area contributed by atoms with Crippen LogP contribution >= 0.6 is 0 Å². The molecule has 0 spiro atoms. The van der Waals surface area contributed by atoms with Gasteiger partial charge in [0.05, 0.1) is 56.8 Å². The molecule has 15 amide bonds. The first-order valence-corrected chi connectivity index (χ1v) is 38.2. The quantitative estimate of drug-likeness (QED) is 0.0164. The molecule has 121 heavy (non-hydrogen) atoms. The molecule has 0 aliphatic carbocycles. The number of nitrogens with two attached hydrogens (primary N) is 6. The summed E-state index contributed by atoms with van der Waals surface area (Å²) in [6.45, 7) is 5.94. The molecule has 0 bridgehead atoms. The molecule has 1 rings (SSSR count). The van der Waals surface area contributed by atoms with Crippen LogP contribution in [-0.4, -0.2) is 308 Å². The summed E-state index contributed by atoms with van der Waals surface area (Å²) in [5.41, 5.74) is 32.9. The van der Waals surface area contributed by atoms with Gasteiger partial charge in [0, 0.05) is 38.8 Å². The van der Waals surface area contributed by atoms with Gasteiger partial charge in [0.2, 0.25) is 88.6 Å². The van der Waals surface area contributed by atoms with Crippen molar-refractivity contribution >= 4 is 124 Å². The number of carbonyl (C=O) groups excluding carboxylic acids is 15. The minimum atomic E-state index is -2.22. The summed E-state index contributed by atoms with van der Waals surface area (Å²) in [5, 5.41) is 133. The minimum absolute atomic E-state index is 0.0105. The summed E-state index contributed by atoms with van der Waals surface area (Å²) in [6.07, 6.45) is -2.88. The molecule has 1 aromatic heterocycles. The second-order valence-corrected chi connectivity index (χ2v) is 28.7. The number of aliphatic carboxylic acids is 2. The zero-order chi connectivity index (χ0) is 92.1. The molecule has 0 fully saturated rings. The van der Waals surface area contributed by atoms with Crippen LogP contribution in [0.15, 0.2) is 12.5 Å². The van der Waals surface area contributed by atoms with Gasteiger partial charge in [0.15, 0.2) is 23.8 Å². The highest BCUT2D eigenvalue weighted by Gasteiger charge is 2.40. The summed E-state index contributed by atoms with van der Waals surface area (Å²) < 4.78 is 0. The monoisotopic (exact) mass is 1720 g/mol. The van der Waals surface area contributed by atoms with Crippen molar-refractivity contribution in [3.8, 4) is 0 Å². The van der Waals surface area contributed by atoms with Gasteiger partial charge < -0.3 is 166 Å². The van der Waals surface area contributed by atoms with Crippen LogP contribution in [0, 0.1) is 33.5 Å². The van der Waals surface area contributed by atoms with Crippen molar-refractivity contribution in [3.63, 3.8) is 0 Å². The van der Waals surface area contributed by atoms with Gasteiger partial charge in [0.25, 0.3) is 0 Å². The van der Waals surface area contributed by atoms with Crippen molar-refractivity contribution in [2.24, 2.45) is 46.2 Å². The Kier molecular flexibility index (Phi) is 48.2. The van der Waals surface area contributed by atoms with Gasteiger partial charge in [-0.25, -0.2) is 9.78 Å². The number of H-pyrrole nitrogens is 1. The van der Waals surface area contributed by atoms with Crippen molar-refractivity contribution in [1.29, 1.82) is 21.6 Å².